The Morgan fingerprint density at radius 1 is 1.39 bits per heavy atom. The smallest absolute Gasteiger partial charge is 0.220 e. The topological polar surface area (TPSA) is 75.6 Å². The van der Waals surface area contributed by atoms with Crippen molar-refractivity contribution < 1.29 is 4.79 Å². The van der Waals surface area contributed by atoms with Gasteiger partial charge in [0.25, 0.3) is 0 Å². The van der Waals surface area contributed by atoms with Crippen LogP contribution >= 0.6 is 0 Å². The first-order valence-electron chi connectivity index (χ1n) is 7.76. The van der Waals surface area contributed by atoms with Gasteiger partial charge < -0.3 is 10.3 Å². The summed E-state index contributed by atoms with van der Waals surface area (Å²) in [7, 11) is 1.90. The van der Waals surface area contributed by atoms with Crippen LogP contribution in [-0.2, 0) is 18.3 Å². The number of fused-ring (bicyclic) bond motifs is 1. The molecule has 0 aliphatic heterocycles. The minimum Gasteiger partial charge on any atom is -0.349 e. The van der Waals surface area contributed by atoms with Crippen LogP contribution in [0.15, 0.2) is 30.5 Å². The zero-order chi connectivity index (χ0) is 16.4. The second kappa shape index (κ2) is 6.24. The molecule has 6 heteroatoms. The van der Waals surface area contributed by atoms with Crippen LogP contribution in [-0.4, -0.2) is 25.7 Å². The number of carbonyl (C=O) groups is 1. The van der Waals surface area contributed by atoms with Crippen LogP contribution in [0.3, 0.4) is 0 Å². The molecule has 1 amide bonds. The molecule has 0 saturated carbocycles. The van der Waals surface area contributed by atoms with E-state index < -0.39 is 0 Å². The molecule has 0 radical (unpaired) electrons. The lowest BCUT2D eigenvalue weighted by molar-refractivity contribution is -0.121. The molecular formula is C17H21N5O. The van der Waals surface area contributed by atoms with E-state index in [0.717, 1.165) is 28.1 Å². The molecule has 2 N–H and O–H groups in total. The van der Waals surface area contributed by atoms with Gasteiger partial charge in [0.1, 0.15) is 5.82 Å². The molecule has 0 aliphatic rings. The van der Waals surface area contributed by atoms with Crippen LogP contribution in [0.1, 0.15) is 36.5 Å². The molecule has 0 aliphatic carbocycles. The number of hydrogen-bond acceptors (Lipinski definition) is 3. The number of aromatic nitrogens is 4. The molecule has 2 aromatic heterocycles. The van der Waals surface area contributed by atoms with Gasteiger partial charge in [0.15, 0.2) is 0 Å². The molecule has 6 nitrogen and oxygen atoms in total. The minimum atomic E-state index is -0.0492. The van der Waals surface area contributed by atoms with Gasteiger partial charge in [0.2, 0.25) is 5.91 Å². The average Bonchev–Trinajstić information content (AvgIpc) is 3.09. The van der Waals surface area contributed by atoms with Crippen molar-refractivity contribution in [3.05, 3.63) is 47.5 Å². The summed E-state index contributed by atoms with van der Waals surface area (Å²) in [6.45, 7) is 3.97. The van der Waals surface area contributed by atoms with Crippen molar-refractivity contribution in [2.45, 2.75) is 32.7 Å². The van der Waals surface area contributed by atoms with E-state index in [9.17, 15) is 4.79 Å². The fraction of sp³-hybridized carbons (Fsp3) is 0.353. The maximum Gasteiger partial charge on any atom is 0.220 e. The third kappa shape index (κ3) is 3.26. The van der Waals surface area contributed by atoms with Crippen molar-refractivity contribution >= 4 is 16.9 Å². The summed E-state index contributed by atoms with van der Waals surface area (Å²) >= 11 is 0. The Kier molecular flexibility index (Phi) is 4.14. The lowest BCUT2D eigenvalue weighted by Gasteiger charge is -2.13. The van der Waals surface area contributed by atoms with Crippen LogP contribution in [0.2, 0.25) is 0 Å². The van der Waals surface area contributed by atoms with E-state index in [-0.39, 0.29) is 11.9 Å². The van der Waals surface area contributed by atoms with Crippen molar-refractivity contribution in [2.24, 2.45) is 7.05 Å². The van der Waals surface area contributed by atoms with Gasteiger partial charge in [-0.15, -0.1) is 0 Å². The number of nitrogens with one attached hydrogen (secondary N) is 2. The van der Waals surface area contributed by atoms with Crippen LogP contribution < -0.4 is 5.32 Å². The molecular weight excluding hydrogens is 290 g/mol. The van der Waals surface area contributed by atoms with Crippen LogP contribution in [0.4, 0.5) is 0 Å². The third-order valence-electron chi connectivity index (χ3n) is 4.14. The summed E-state index contributed by atoms with van der Waals surface area (Å²) in [5.74, 6) is 0.854. The highest BCUT2D eigenvalue weighted by atomic mass is 16.1. The number of benzene rings is 1. The number of rotatable bonds is 5. The number of hydrogen-bond donors (Lipinski definition) is 2. The number of aromatic amines is 1. The molecule has 3 aromatic rings. The first kappa shape index (κ1) is 15.3. The van der Waals surface area contributed by atoms with Crippen molar-refractivity contribution in [3.63, 3.8) is 0 Å². The minimum absolute atomic E-state index is 0.0150. The SMILES string of the molecule is Cc1c([C@H](C)NC(=O)CCc2nc3ccccc3[nH]2)cnn1C. The molecule has 0 bridgehead atoms. The Labute approximate surface area is 134 Å². The number of aryl methyl sites for hydroxylation is 2. The second-order valence-corrected chi connectivity index (χ2v) is 5.80. The summed E-state index contributed by atoms with van der Waals surface area (Å²) in [6, 6.07) is 7.82. The standard InChI is InChI=1S/C17H21N5O/c1-11(13-10-18-22(3)12(13)2)19-17(23)9-8-16-20-14-6-4-5-7-15(14)21-16/h4-7,10-11H,8-9H2,1-3H3,(H,19,23)(H,20,21)/t11-/m0/s1. The first-order chi connectivity index (χ1) is 11.0. The highest BCUT2D eigenvalue weighted by molar-refractivity contribution is 5.77. The van der Waals surface area contributed by atoms with Crippen LogP contribution in [0.25, 0.3) is 11.0 Å². The van der Waals surface area contributed by atoms with Crippen molar-refractivity contribution in [2.75, 3.05) is 0 Å². The summed E-state index contributed by atoms with van der Waals surface area (Å²) in [5.41, 5.74) is 4.05. The molecule has 1 atom stereocenters. The number of imidazole rings is 1. The highest BCUT2D eigenvalue weighted by Crippen LogP contribution is 2.16. The summed E-state index contributed by atoms with van der Waals surface area (Å²) < 4.78 is 1.81. The predicted octanol–water partition coefficient (Wildman–Crippen LogP) is 2.41. The van der Waals surface area contributed by atoms with Gasteiger partial charge >= 0.3 is 0 Å². The number of amides is 1. The Balaban J connectivity index is 1.58. The number of carbonyl (C=O) groups excluding carboxylic acids is 1. The largest absolute Gasteiger partial charge is 0.349 e. The van der Waals surface area contributed by atoms with E-state index in [4.69, 9.17) is 0 Å². The quantitative estimate of drug-likeness (QED) is 0.760. The van der Waals surface area contributed by atoms with E-state index in [1.807, 2.05) is 49.8 Å². The maximum absolute atomic E-state index is 12.2. The van der Waals surface area contributed by atoms with Crippen molar-refractivity contribution in [3.8, 4) is 0 Å². The summed E-state index contributed by atoms with van der Waals surface area (Å²) in [4.78, 5) is 19.9. The van der Waals surface area contributed by atoms with E-state index in [1.165, 1.54) is 0 Å². The summed E-state index contributed by atoms with van der Waals surface area (Å²) in [5, 5.41) is 7.23. The van der Waals surface area contributed by atoms with Crippen molar-refractivity contribution in [1.29, 1.82) is 0 Å². The summed E-state index contributed by atoms with van der Waals surface area (Å²) in [6.07, 6.45) is 2.81. The van der Waals surface area contributed by atoms with Gasteiger partial charge in [0.05, 0.1) is 23.3 Å². The van der Waals surface area contributed by atoms with E-state index in [2.05, 4.69) is 20.4 Å². The molecule has 0 saturated heterocycles. The van der Waals surface area contributed by atoms with E-state index in [0.29, 0.717) is 12.8 Å². The fourth-order valence-electron chi connectivity index (χ4n) is 2.69. The van der Waals surface area contributed by atoms with Gasteiger partial charge in [-0.1, -0.05) is 12.1 Å². The van der Waals surface area contributed by atoms with Gasteiger partial charge in [-0.2, -0.15) is 5.10 Å². The monoisotopic (exact) mass is 311 g/mol. The number of para-hydroxylation sites is 2. The molecule has 1 aromatic carbocycles. The van der Waals surface area contributed by atoms with E-state index >= 15 is 0 Å². The van der Waals surface area contributed by atoms with Crippen molar-refractivity contribution in [1.82, 2.24) is 25.1 Å². The zero-order valence-corrected chi connectivity index (χ0v) is 13.6. The number of H-pyrrole nitrogens is 1. The van der Waals surface area contributed by atoms with E-state index in [1.54, 1.807) is 6.20 Å². The predicted molar refractivity (Wildman–Crippen MR) is 88.9 cm³/mol. The lowest BCUT2D eigenvalue weighted by atomic mass is 10.1. The average molecular weight is 311 g/mol. The van der Waals surface area contributed by atoms with Crippen LogP contribution in [0.5, 0.6) is 0 Å². The maximum atomic E-state index is 12.2. The normalized spacial score (nSPS) is 12.5. The second-order valence-electron chi connectivity index (χ2n) is 5.80. The van der Waals surface area contributed by atoms with Gasteiger partial charge in [-0.3, -0.25) is 9.48 Å². The molecule has 120 valence electrons. The fourth-order valence-corrected chi connectivity index (χ4v) is 2.69. The van der Waals surface area contributed by atoms with Gasteiger partial charge in [-0.05, 0) is 26.0 Å². The third-order valence-corrected chi connectivity index (χ3v) is 4.14. The molecule has 0 spiro atoms. The molecule has 23 heavy (non-hydrogen) atoms. The Hall–Kier alpha value is -2.63. The highest BCUT2D eigenvalue weighted by Gasteiger charge is 2.15. The van der Waals surface area contributed by atoms with Crippen LogP contribution in [0, 0.1) is 6.92 Å². The van der Waals surface area contributed by atoms with Gasteiger partial charge in [0, 0.05) is 31.1 Å². The Morgan fingerprint density at radius 3 is 2.87 bits per heavy atom. The molecule has 0 unspecified atom stereocenters. The Bertz CT molecular complexity index is 799. The molecule has 3 rings (SSSR count). The first-order valence-corrected chi connectivity index (χ1v) is 7.76. The van der Waals surface area contributed by atoms with Gasteiger partial charge in [-0.25, -0.2) is 4.98 Å². The Morgan fingerprint density at radius 2 is 2.17 bits per heavy atom. The number of nitrogens with zero attached hydrogens (tertiary/aromatic N) is 3. The molecule has 0 fully saturated rings. The zero-order valence-electron chi connectivity index (χ0n) is 13.6. The molecule has 2 heterocycles. The lowest BCUT2D eigenvalue weighted by Crippen LogP contribution is -2.27.